The minimum absolute atomic E-state index is 0.343. The summed E-state index contributed by atoms with van der Waals surface area (Å²) in [6.45, 7) is 0.130. The second-order valence-electron chi connectivity index (χ2n) is 3.80. The highest BCUT2D eigenvalue weighted by molar-refractivity contribution is 9.10. The van der Waals surface area contributed by atoms with E-state index < -0.39 is 6.04 Å². The number of carbonyl (C=O) groups excluding carboxylic acids is 1. The number of aliphatic hydroxyl groups excluding tert-OH is 1. The van der Waals surface area contributed by atoms with Gasteiger partial charge in [-0.3, -0.25) is 4.79 Å². The predicted octanol–water partition coefficient (Wildman–Crippen LogP) is 0.436. The van der Waals surface area contributed by atoms with Crippen LogP contribution in [0.2, 0.25) is 0 Å². The van der Waals surface area contributed by atoms with Crippen molar-refractivity contribution in [1.82, 2.24) is 5.32 Å². The molecule has 0 saturated heterocycles. The smallest absolute Gasteiger partial charge is 0.239 e. The first kappa shape index (κ1) is 14.9. The zero-order chi connectivity index (χ0) is 13.5. The third-order valence-electron chi connectivity index (χ3n) is 2.46. The maximum absolute atomic E-state index is 11.3. The molecule has 0 heterocycles. The average Bonchev–Trinajstić information content (AvgIpc) is 2.37. The quantitative estimate of drug-likeness (QED) is 0.711. The van der Waals surface area contributed by atoms with Crippen molar-refractivity contribution in [3.63, 3.8) is 0 Å². The van der Waals surface area contributed by atoms with Crippen molar-refractivity contribution in [2.75, 3.05) is 20.3 Å². The topological polar surface area (TPSA) is 84.6 Å². The zero-order valence-corrected chi connectivity index (χ0v) is 11.7. The Morgan fingerprint density at radius 3 is 2.89 bits per heavy atom. The number of carbonyl (C=O) groups is 1. The lowest BCUT2D eigenvalue weighted by Crippen LogP contribution is -2.43. The molecule has 0 saturated carbocycles. The lowest BCUT2D eigenvalue weighted by atomic mass is 10.1. The summed E-state index contributed by atoms with van der Waals surface area (Å²) in [5, 5.41) is 11.4. The van der Waals surface area contributed by atoms with E-state index in [1.807, 2.05) is 18.2 Å². The van der Waals surface area contributed by atoms with Gasteiger partial charge in [0.15, 0.2) is 0 Å². The van der Waals surface area contributed by atoms with Crippen LogP contribution in [0.1, 0.15) is 5.56 Å². The van der Waals surface area contributed by atoms with E-state index in [1.165, 1.54) is 0 Å². The number of aliphatic hydroxyl groups is 1. The minimum atomic E-state index is -0.854. The van der Waals surface area contributed by atoms with Gasteiger partial charge in [-0.05, 0) is 40.0 Å². The van der Waals surface area contributed by atoms with E-state index in [1.54, 1.807) is 7.11 Å². The summed E-state index contributed by atoms with van der Waals surface area (Å²) in [5.74, 6) is 0.426. The van der Waals surface area contributed by atoms with Crippen LogP contribution in [0.4, 0.5) is 0 Å². The largest absolute Gasteiger partial charge is 0.496 e. The number of nitrogens with two attached hydrogens (primary N) is 1. The molecule has 1 aromatic carbocycles. The number of hydrogen-bond acceptors (Lipinski definition) is 4. The Morgan fingerprint density at radius 1 is 1.61 bits per heavy atom. The summed E-state index contributed by atoms with van der Waals surface area (Å²) < 4.78 is 6.00. The van der Waals surface area contributed by atoms with Crippen LogP contribution in [-0.4, -0.2) is 37.3 Å². The van der Waals surface area contributed by atoms with Gasteiger partial charge in [-0.2, -0.15) is 0 Å². The van der Waals surface area contributed by atoms with Crippen molar-refractivity contribution in [2.24, 2.45) is 5.73 Å². The van der Waals surface area contributed by atoms with E-state index in [2.05, 4.69) is 21.2 Å². The van der Waals surface area contributed by atoms with Crippen molar-refractivity contribution in [1.29, 1.82) is 0 Å². The first-order chi connectivity index (χ1) is 8.58. The van der Waals surface area contributed by atoms with Gasteiger partial charge < -0.3 is 20.9 Å². The molecule has 6 heteroatoms. The highest BCUT2D eigenvalue weighted by Gasteiger charge is 2.10. The third kappa shape index (κ3) is 4.29. The molecule has 1 rings (SSSR count). The highest BCUT2D eigenvalue weighted by Crippen LogP contribution is 2.25. The van der Waals surface area contributed by atoms with Crippen LogP contribution >= 0.6 is 15.9 Å². The fourth-order valence-electron chi connectivity index (χ4n) is 1.41. The van der Waals surface area contributed by atoms with Crippen LogP contribution < -0.4 is 15.8 Å². The molecule has 18 heavy (non-hydrogen) atoms. The van der Waals surface area contributed by atoms with Gasteiger partial charge in [-0.1, -0.05) is 6.07 Å². The van der Waals surface area contributed by atoms with Crippen LogP contribution in [0, 0.1) is 0 Å². The van der Waals surface area contributed by atoms with Crippen LogP contribution in [0.3, 0.4) is 0 Å². The second kappa shape index (κ2) is 7.35. The second-order valence-corrected chi connectivity index (χ2v) is 4.65. The van der Waals surface area contributed by atoms with Crippen LogP contribution in [0.25, 0.3) is 0 Å². The van der Waals surface area contributed by atoms with Gasteiger partial charge in [-0.25, -0.2) is 0 Å². The molecule has 0 aliphatic rings. The number of amides is 1. The highest BCUT2D eigenvalue weighted by atomic mass is 79.9. The molecule has 1 atom stereocenters. The molecule has 0 fully saturated rings. The van der Waals surface area contributed by atoms with Crippen molar-refractivity contribution in [3.05, 3.63) is 28.2 Å². The molecule has 100 valence electrons. The maximum Gasteiger partial charge on any atom is 0.239 e. The van der Waals surface area contributed by atoms with E-state index in [-0.39, 0.29) is 12.5 Å². The first-order valence-electron chi connectivity index (χ1n) is 5.55. The summed E-state index contributed by atoms with van der Waals surface area (Å²) in [5.41, 5.74) is 6.44. The minimum Gasteiger partial charge on any atom is -0.496 e. The molecule has 5 nitrogen and oxygen atoms in total. The van der Waals surface area contributed by atoms with Crippen molar-refractivity contribution in [3.8, 4) is 5.75 Å². The lowest BCUT2D eigenvalue weighted by molar-refractivity contribution is -0.123. The summed E-state index contributed by atoms with van der Waals surface area (Å²) in [6.07, 6.45) is 0.687. The van der Waals surface area contributed by atoms with Gasteiger partial charge in [0.25, 0.3) is 0 Å². The van der Waals surface area contributed by atoms with E-state index >= 15 is 0 Å². The van der Waals surface area contributed by atoms with Crippen LogP contribution in [0.5, 0.6) is 5.75 Å². The molecule has 1 amide bonds. The van der Waals surface area contributed by atoms with Gasteiger partial charge in [0.05, 0.1) is 18.2 Å². The number of nitrogens with one attached hydrogen (secondary N) is 1. The maximum atomic E-state index is 11.3. The molecule has 1 aromatic rings. The fourth-order valence-corrected chi connectivity index (χ4v) is 2.00. The van der Waals surface area contributed by atoms with Crippen molar-refractivity contribution >= 4 is 21.8 Å². The van der Waals surface area contributed by atoms with Crippen molar-refractivity contribution in [2.45, 2.75) is 12.5 Å². The molecule has 4 N–H and O–H groups in total. The number of rotatable bonds is 6. The SMILES string of the molecule is COc1ccc(CCNC(=O)C(N)CO)cc1Br. The third-order valence-corrected chi connectivity index (χ3v) is 3.08. The molecular weight excluding hydrogens is 300 g/mol. The Morgan fingerprint density at radius 2 is 2.33 bits per heavy atom. The Hall–Kier alpha value is -1.11. The van der Waals surface area contributed by atoms with E-state index in [9.17, 15) is 4.79 Å². The summed E-state index contributed by atoms with van der Waals surface area (Å²) in [4.78, 5) is 11.3. The lowest BCUT2D eigenvalue weighted by Gasteiger charge is -2.10. The number of methoxy groups -OCH3 is 1. The first-order valence-corrected chi connectivity index (χ1v) is 6.34. The van der Waals surface area contributed by atoms with E-state index in [0.29, 0.717) is 13.0 Å². The summed E-state index contributed by atoms with van der Waals surface area (Å²) in [7, 11) is 1.61. The standard InChI is InChI=1S/C12H17BrN2O3/c1-18-11-3-2-8(6-9(11)13)4-5-15-12(17)10(14)7-16/h2-3,6,10,16H,4-5,7,14H2,1H3,(H,15,17). The molecule has 0 aliphatic heterocycles. The number of hydrogen-bond donors (Lipinski definition) is 3. The predicted molar refractivity (Wildman–Crippen MR) is 72.5 cm³/mol. The molecule has 0 bridgehead atoms. The number of ether oxygens (including phenoxy) is 1. The Labute approximate surface area is 114 Å². The zero-order valence-electron chi connectivity index (χ0n) is 10.1. The van der Waals surface area contributed by atoms with Gasteiger partial charge in [0.1, 0.15) is 11.8 Å². The fraction of sp³-hybridized carbons (Fsp3) is 0.417. The molecule has 1 unspecified atom stereocenters. The normalized spacial score (nSPS) is 12.0. The van der Waals surface area contributed by atoms with Gasteiger partial charge >= 0.3 is 0 Å². The van der Waals surface area contributed by atoms with Crippen LogP contribution in [0.15, 0.2) is 22.7 Å². The molecule has 0 aromatic heterocycles. The van der Waals surface area contributed by atoms with Gasteiger partial charge in [0, 0.05) is 6.54 Å². The van der Waals surface area contributed by atoms with Gasteiger partial charge in [-0.15, -0.1) is 0 Å². The summed E-state index contributed by atoms with van der Waals surface area (Å²) >= 11 is 3.40. The number of halogens is 1. The Kier molecular flexibility index (Phi) is 6.11. The van der Waals surface area contributed by atoms with E-state index in [0.717, 1.165) is 15.8 Å². The Bertz CT molecular complexity index is 412. The molecule has 0 radical (unpaired) electrons. The van der Waals surface area contributed by atoms with Gasteiger partial charge in [0.2, 0.25) is 5.91 Å². The summed E-state index contributed by atoms with van der Waals surface area (Å²) in [6, 6.07) is 4.88. The average molecular weight is 317 g/mol. The molecule has 0 spiro atoms. The number of benzene rings is 1. The molecule has 0 aliphatic carbocycles. The molecular formula is C12H17BrN2O3. The van der Waals surface area contributed by atoms with Crippen LogP contribution in [-0.2, 0) is 11.2 Å². The van der Waals surface area contributed by atoms with Crippen molar-refractivity contribution < 1.29 is 14.6 Å². The van der Waals surface area contributed by atoms with E-state index in [4.69, 9.17) is 15.6 Å². The Balaban J connectivity index is 2.45. The monoisotopic (exact) mass is 316 g/mol.